The molecule has 1 amide bonds. The molecule has 2 aromatic rings. The van der Waals surface area contributed by atoms with Gasteiger partial charge in [0.25, 0.3) is 0 Å². The van der Waals surface area contributed by atoms with Crippen LogP contribution in [0.25, 0.3) is 0 Å². The van der Waals surface area contributed by atoms with Crippen LogP contribution >= 0.6 is 11.3 Å². The minimum absolute atomic E-state index is 0.145. The van der Waals surface area contributed by atoms with Gasteiger partial charge < -0.3 is 10.2 Å². The van der Waals surface area contributed by atoms with Gasteiger partial charge in [-0.15, -0.1) is 11.3 Å². The minimum Gasteiger partial charge on any atom is -0.346 e. The van der Waals surface area contributed by atoms with Crippen LogP contribution in [0.1, 0.15) is 13.3 Å². The Bertz CT molecular complexity index is 804. The van der Waals surface area contributed by atoms with Crippen LogP contribution in [0.15, 0.2) is 40.7 Å². The van der Waals surface area contributed by atoms with Crippen molar-refractivity contribution >= 4 is 38.1 Å². The van der Waals surface area contributed by atoms with Crippen LogP contribution in [0, 0.1) is 0 Å². The Hall–Kier alpha value is -1.97. The number of carbonyl (C=O) groups excluding carboxylic acids is 1. The van der Waals surface area contributed by atoms with Crippen LogP contribution in [0.3, 0.4) is 0 Å². The minimum atomic E-state index is -3.59. The third-order valence-corrected chi connectivity index (χ3v) is 6.05. The van der Waals surface area contributed by atoms with E-state index in [4.69, 9.17) is 0 Å². The lowest BCUT2D eigenvalue weighted by Gasteiger charge is -2.16. The maximum absolute atomic E-state index is 12.5. The van der Waals surface area contributed by atoms with E-state index in [1.54, 1.807) is 29.7 Å². The summed E-state index contributed by atoms with van der Waals surface area (Å²) in [6.07, 6.45) is 2.48. The van der Waals surface area contributed by atoms with Crippen molar-refractivity contribution in [3.05, 3.63) is 35.8 Å². The van der Waals surface area contributed by atoms with E-state index in [-0.39, 0.29) is 16.8 Å². The van der Waals surface area contributed by atoms with Gasteiger partial charge in [-0.2, -0.15) is 0 Å². The first-order valence-electron chi connectivity index (χ1n) is 7.48. The number of rotatable bonds is 5. The molecule has 1 aliphatic heterocycles. The van der Waals surface area contributed by atoms with Gasteiger partial charge >= 0.3 is 0 Å². The van der Waals surface area contributed by atoms with Crippen molar-refractivity contribution < 1.29 is 13.2 Å². The monoisotopic (exact) mass is 366 g/mol. The molecule has 0 spiro atoms. The van der Waals surface area contributed by atoms with Crippen molar-refractivity contribution in [2.45, 2.75) is 24.3 Å². The molecule has 1 unspecified atom stereocenters. The lowest BCUT2D eigenvalue weighted by molar-refractivity contribution is -0.114. The molecule has 1 fully saturated rings. The number of aromatic nitrogens is 1. The number of nitrogens with one attached hydrogen (secondary N) is 2. The summed E-state index contributed by atoms with van der Waals surface area (Å²) < 4.78 is 27.7. The largest absolute Gasteiger partial charge is 0.346 e. The third kappa shape index (κ3) is 3.92. The molecule has 9 heteroatoms. The maximum atomic E-state index is 12.5. The van der Waals surface area contributed by atoms with Crippen molar-refractivity contribution in [2.75, 3.05) is 23.3 Å². The molecule has 0 saturated carbocycles. The first kappa shape index (κ1) is 16.9. The van der Waals surface area contributed by atoms with Crippen LogP contribution in [0.2, 0.25) is 0 Å². The average Bonchev–Trinajstić information content (AvgIpc) is 3.17. The molecular formula is C15H18N4O3S2. The Morgan fingerprint density at radius 1 is 1.33 bits per heavy atom. The molecule has 0 bridgehead atoms. The number of anilines is 2. The molecule has 1 aliphatic rings. The molecular weight excluding hydrogens is 348 g/mol. The molecule has 2 N–H and O–H groups in total. The quantitative estimate of drug-likeness (QED) is 0.840. The molecule has 1 aromatic carbocycles. The number of amides is 1. The molecule has 0 radical (unpaired) electrons. The van der Waals surface area contributed by atoms with Gasteiger partial charge in [-0.3, -0.25) is 4.79 Å². The van der Waals surface area contributed by atoms with E-state index in [9.17, 15) is 13.2 Å². The number of benzene rings is 1. The van der Waals surface area contributed by atoms with Crippen molar-refractivity contribution in [3.63, 3.8) is 0 Å². The summed E-state index contributed by atoms with van der Waals surface area (Å²) >= 11 is 1.55. The molecule has 1 aromatic heterocycles. The Morgan fingerprint density at radius 3 is 2.71 bits per heavy atom. The highest BCUT2D eigenvalue weighted by Crippen LogP contribution is 2.23. The molecule has 2 heterocycles. The Labute approximate surface area is 144 Å². The fourth-order valence-electron chi connectivity index (χ4n) is 2.61. The topological polar surface area (TPSA) is 91.4 Å². The van der Waals surface area contributed by atoms with Gasteiger partial charge in [0.2, 0.25) is 15.9 Å². The highest BCUT2D eigenvalue weighted by Gasteiger charge is 2.28. The van der Waals surface area contributed by atoms with Crippen LogP contribution in [-0.4, -0.2) is 38.4 Å². The summed E-state index contributed by atoms with van der Waals surface area (Å²) in [5.74, 6) is -0.197. The zero-order valence-electron chi connectivity index (χ0n) is 13.1. The van der Waals surface area contributed by atoms with Crippen molar-refractivity contribution in [3.8, 4) is 0 Å². The van der Waals surface area contributed by atoms with Gasteiger partial charge in [-0.05, 0) is 30.7 Å². The summed E-state index contributed by atoms with van der Waals surface area (Å²) in [6, 6.07) is 5.98. The zero-order chi connectivity index (χ0) is 17.2. The van der Waals surface area contributed by atoms with Gasteiger partial charge in [0.15, 0.2) is 5.13 Å². The molecule has 1 saturated heterocycles. The Kier molecular flexibility index (Phi) is 4.83. The lowest BCUT2D eigenvalue weighted by atomic mass is 10.3. The summed E-state index contributed by atoms with van der Waals surface area (Å²) in [7, 11) is -3.59. The van der Waals surface area contributed by atoms with Crippen molar-refractivity contribution in [1.29, 1.82) is 0 Å². The molecule has 128 valence electrons. The molecule has 24 heavy (non-hydrogen) atoms. The van der Waals surface area contributed by atoms with Crippen LogP contribution in [0.4, 0.5) is 10.8 Å². The Morgan fingerprint density at radius 2 is 2.08 bits per heavy atom. The van der Waals surface area contributed by atoms with Crippen molar-refractivity contribution in [2.24, 2.45) is 0 Å². The second kappa shape index (κ2) is 6.88. The fourth-order valence-corrected chi connectivity index (χ4v) is 4.55. The predicted octanol–water partition coefficient (Wildman–Crippen LogP) is 1.66. The molecule has 7 nitrogen and oxygen atoms in total. The number of nitrogens with zero attached hydrogens (tertiary/aromatic N) is 2. The number of carbonyl (C=O) groups is 1. The Balaban J connectivity index is 1.65. The average molecular weight is 366 g/mol. The number of thiazole rings is 1. The standard InChI is InChI=1S/C15H18N4O3S2/c1-11(20)17-12-2-4-14(5-3-12)24(21,22)18-13-6-8-19(10-13)15-16-7-9-23-15/h2-5,7,9,13,18H,6,8,10H2,1H3,(H,17,20). The fraction of sp³-hybridized carbons (Fsp3) is 0.333. The van der Waals surface area contributed by atoms with E-state index in [0.29, 0.717) is 12.2 Å². The normalized spacial score (nSPS) is 17.9. The van der Waals surface area contributed by atoms with Gasteiger partial charge in [0, 0.05) is 43.3 Å². The van der Waals surface area contributed by atoms with E-state index in [0.717, 1.165) is 18.1 Å². The second-order valence-electron chi connectivity index (χ2n) is 5.57. The van der Waals surface area contributed by atoms with Gasteiger partial charge in [-0.1, -0.05) is 0 Å². The van der Waals surface area contributed by atoms with Gasteiger partial charge in [0.1, 0.15) is 0 Å². The summed E-state index contributed by atoms with van der Waals surface area (Å²) in [6.45, 7) is 2.79. The lowest BCUT2D eigenvalue weighted by Crippen LogP contribution is -2.37. The smallest absolute Gasteiger partial charge is 0.240 e. The van der Waals surface area contributed by atoms with Gasteiger partial charge in [0.05, 0.1) is 4.90 Å². The summed E-state index contributed by atoms with van der Waals surface area (Å²) in [5, 5.41) is 5.43. The SMILES string of the molecule is CC(=O)Nc1ccc(S(=O)(=O)NC2CCN(c3nccs3)C2)cc1. The van der Waals surface area contributed by atoms with Gasteiger partial charge in [-0.25, -0.2) is 18.1 Å². The highest BCUT2D eigenvalue weighted by molar-refractivity contribution is 7.89. The van der Waals surface area contributed by atoms with Crippen molar-refractivity contribution in [1.82, 2.24) is 9.71 Å². The predicted molar refractivity (Wildman–Crippen MR) is 93.8 cm³/mol. The first-order chi connectivity index (χ1) is 11.4. The molecule has 0 aliphatic carbocycles. The van der Waals surface area contributed by atoms with E-state index in [1.807, 2.05) is 5.38 Å². The number of hydrogen-bond acceptors (Lipinski definition) is 6. The van der Waals surface area contributed by atoms with Crippen LogP contribution in [0.5, 0.6) is 0 Å². The summed E-state index contributed by atoms with van der Waals surface area (Å²) in [5.41, 5.74) is 0.567. The maximum Gasteiger partial charge on any atom is 0.240 e. The number of sulfonamides is 1. The molecule has 3 rings (SSSR count). The molecule has 1 atom stereocenters. The van der Waals surface area contributed by atoms with E-state index < -0.39 is 10.0 Å². The van der Waals surface area contributed by atoms with Crippen LogP contribution in [-0.2, 0) is 14.8 Å². The van der Waals surface area contributed by atoms with E-state index in [2.05, 4.69) is 19.9 Å². The van der Waals surface area contributed by atoms with Crippen LogP contribution < -0.4 is 14.9 Å². The highest BCUT2D eigenvalue weighted by atomic mass is 32.2. The summed E-state index contributed by atoms with van der Waals surface area (Å²) in [4.78, 5) is 17.5. The zero-order valence-corrected chi connectivity index (χ0v) is 14.7. The van der Waals surface area contributed by atoms with E-state index in [1.165, 1.54) is 19.1 Å². The first-order valence-corrected chi connectivity index (χ1v) is 9.85. The number of hydrogen-bond donors (Lipinski definition) is 2. The third-order valence-electron chi connectivity index (χ3n) is 3.68. The van der Waals surface area contributed by atoms with E-state index >= 15 is 0 Å². The second-order valence-corrected chi connectivity index (χ2v) is 8.16.